The Morgan fingerprint density at radius 2 is 1.89 bits per heavy atom. The van der Waals surface area contributed by atoms with Crippen LogP contribution in [0.1, 0.15) is 10.4 Å². The van der Waals surface area contributed by atoms with E-state index in [2.05, 4.69) is 0 Å². The van der Waals surface area contributed by atoms with Crippen LogP contribution in [0.4, 0.5) is 11.4 Å². The lowest BCUT2D eigenvalue weighted by molar-refractivity contribution is 0.0990. The number of anilines is 2. The number of nitrogens with two attached hydrogens (primary N) is 1. The summed E-state index contributed by atoms with van der Waals surface area (Å²) < 4.78 is 0. The second-order valence-electron chi connectivity index (χ2n) is 4.19. The number of amides is 1. The van der Waals surface area contributed by atoms with Crippen LogP contribution >= 0.6 is 11.8 Å². The molecule has 4 heteroatoms. The lowest BCUT2D eigenvalue weighted by Crippen LogP contribution is -2.26. The van der Waals surface area contributed by atoms with Crippen LogP contribution in [0.25, 0.3) is 0 Å². The van der Waals surface area contributed by atoms with Crippen LogP contribution in [-0.2, 0) is 0 Å². The summed E-state index contributed by atoms with van der Waals surface area (Å²) in [7, 11) is 1.78. The molecule has 2 aromatic rings. The van der Waals surface area contributed by atoms with Crippen molar-refractivity contribution in [2.24, 2.45) is 0 Å². The lowest BCUT2D eigenvalue weighted by atomic mass is 10.2. The molecule has 2 N–H and O–H groups in total. The summed E-state index contributed by atoms with van der Waals surface area (Å²) in [6.45, 7) is 0. The molecule has 2 aromatic carbocycles. The molecule has 1 aliphatic rings. The van der Waals surface area contributed by atoms with E-state index in [4.69, 9.17) is 5.73 Å². The number of carbonyl (C=O) groups is 1. The third-order valence-corrected chi connectivity index (χ3v) is 4.13. The quantitative estimate of drug-likeness (QED) is 0.737. The van der Waals surface area contributed by atoms with Gasteiger partial charge < -0.3 is 10.6 Å². The number of hydrogen-bond acceptors (Lipinski definition) is 3. The molecule has 0 fully saturated rings. The van der Waals surface area contributed by atoms with E-state index in [0.29, 0.717) is 5.69 Å². The van der Waals surface area contributed by atoms with Gasteiger partial charge in [0.1, 0.15) is 0 Å². The monoisotopic (exact) mass is 256 g/mol. The maximum atomic E-state index is 12.4. The molecule has 0 aliphatic carbocycles. The summed E-state index contributed by atoms with van der Waals surface area (Å²) in [6.07, 6.45) is 0. The van der Waals surface area contributed by atoms with Crippen molar-refractivity contribution in [2.75, 3.05) is 17.7 Å². The van der Waals surface area contributed by atoms with Crippen molar-refractivity contribution in [2.45, 2.75) is 9.79 Å². The summed E-state index contributed by atoms with van der Waals surface area (Å²) in [5.74, 6) is 0.00227. The first kappa shape index (κ1) is 11.2. The van der Waals surface area contributed by atoms with Crippen molar-refractivity contribution in [3.63, 3.8) is 0 Å². The number of nitrogens with zero attached hydrogens (tertiary/aromatic N) is 1. The van der Waals surface area contributed by atoms with Crippen LogP contribution < -0.4 is 10.6 Å². The number of carbonyl (C=O) groups excluding carboxylic acids is 1. The summed E-state index contributed by atoms with van der Waals surface area (Å²) in [6, 6.07) is 13.3. The van der Waals surface area contributed by atoms with Gasteiger partial charge in [-0.3, -0.25) is 4.79 Å². The number of fused-ring (bicyclic) bond motifs is 2. The number of benzene rings is 2. The predicted molar refractivity (Wildman–Crippen MR) is 74.2 cm³/mol. The highest BCUT2D eigenvalue weighted by atomic mass is 32.2. The molecule has 0 aromatic heterocycles. The molecule has 0 bridgehead atoms. The fourth-order valence-electron chi connectivity index (χ4n) is 2.02. The van der Waals surface area contributed by atoms with E-state index in [0.717, 1.165) is 21.0 Å². The fourth-order valence-corrected chi connectivity index (χ4v) is 3.11. The summed E-state index contributed by atoms with van der Waals surface area (Å²) in [5, 5.41) is 0. The Bertz CT molecular complexity index is 639. The van der Waals surface area contributed by atoms with E-state index in [9.17, 15) is 4.79 Å². The molecule has 0 unspecified atom stereocenters. The highest BCUT2D eigenvalue weighted by molar-refractivity contribution is 7.99. The van der Waals surface area contributed by atoms with E-state index in [1.165, 1.54) is 0 Å². The molecule has 3 rings (SSSR count). The standard InChI is InChI=1S/C14H12N2OS/c1-16-11-8-9(15)6-7-13(11)18-12-5-3-2-4-10(12)14(16)17/h2-8H,15H2,1H3. The van der Waals surface area contributed by atoms with E-state index >= 15 is 0 Å². The Hall–Kier alpha value is -1.94. The van der Waals surface area contributed by atoms with E-state index in [1.54, 1.807) is 23.7 Å². The van der Waals surface area contributed by atoms with Gasteiger partial charge in [-0.1, -0.05) is 23.9 Å². The van der Waals surface area contributed by atoms with Crippen molar-refractivity contribution in [1.29, 1.82) is 0 Å². The minimum absolute atomic E-state index is 0.00227. The molecule has 1 amide bonds. The summed E-state index contributed by atoms with van der Waals surface area (Å²) >= 11 is 1.60. The summed E-state index contributed by atoms with van der Waals surface area (Å²) in [4.78, 5) is 16.1. The molecular formula is C14H12N2OS. The first-order valence-electron chi connectivity index (χ1n) is 5.61. The molecule has 18 heavy (non-hydrogen) atoms. The third-order valence-electron chi connectivity index (χ3n) is 2.99. The van der Waals surface area contributed by atoms with Gasteiger partial charge in [0.05, 0.1) is 11.3 Å². The first-order chi connectivity index (χ1) is 8.66. The Kier molecular flexibility index (Phi) is 2.52. The molecule has 0 radical (unpaired) electrons. The van der Waals surface area contributed by atoms with Gasteiger partial charge in [-0.05, 0) is 30.3 Å². The van der Waals surface area contributed by atoms with Crippen molar-refractivity contribution in [1.82, 2.24) is 0 Å². The summed E-state index contributed by atoms with van der Waals surface area (Å²) in [5.41, 5.74) is 8.06. The van der Waals surface area contributed by atoms with Crippen LogP contribution in [-0.4, -0.2) is 13.0 Å². The normalized spacial score (nSPS) is 13.8. The highest BCUT2D eigenvalue weighted by Crippen LogP contribution is 2.41. The largest absolute Gasteiger partial charge is 0.399 e. The van der Waals surface area contributed by atoms with Gasteiger partial charge in [0.2, 0.25) is 0 Å². The van der Waals surface area contributed by atoms with Gasteiger partial charge in [0.15, 0.2) is 0 Å². The van der Waals surface area contributed by atoms with Crippen molar-refractivity contribution < 1.29 is 4.79 Å². The average molecular weight is 256 g/mol. The van der Waals surface area contributed by atoms with Gasteiger partial charge in [-0.15, -0.1) is 0 Å². The molecule has 1 heterocycles. The Labute approximate surface area is 110 Å². The molecule has 0 atom stereocenters. The van der Waals surface area contributed by atoms with Crippen molar-refractivity contribution in [3.8, 4) is 0 Å². The Balaban J connectivity index is 2.23. The van der Waals surface area contributed by atoms with Gasteiger partial charge in [0.25, 0.3) is 5.91 Å². The minimum atomic E-state index is 0.00227. The number of nitrogen functional groups attached to an aromatic ring is 1. The van der Waals surface area contributed by atoms with Crippen LogP contribution in [0.15, 0.2) is 52.3 Å². The molecule has 3 nitrogen and oxygen atoms in total. The molecule has 0 saturated carbocycles. The zero-order chi connectivity index (χ0) is 12.7. The zero-order valence-electron chi connectivity index (χ0n) is 9.88. The smallest absolute Gasteiger partial charge is 0.259 e. The average Bonchev–Trinajstić information content (AvgIpc) is 2.48. The maximum absolute atomic E-state index is 12.4. The maximum Gasteiger partial charge on any atom is 0.259 e. The van der Waals surface area contributed by atoms with Crippen LogP contribution in [0, 0.1) is 0 Å². The number of rotatable bonds is 0. The number of hydrogen-bond donors (Lipinski definition) is 1. The predicted octanol–water partition coefficient (Wildman–Crippen LogP) is 3.01. The van der Waals surface area contributed by atoms with Gasteiger partial charge in [-0.25, -0.2) is 0 Å². The molecular weight excluding hydrogens is 244 g/mol. The van der Waals surface area contributed by atoms with Gasteiger partial charge >= 0.3 is 0 Å². The second kappa shape index (κ2) is 4.07. The SMILES string of the molecule is CN1C(=O)c2ccccc2Sc2ccc(N)cc21. The third kappa shape index (κ3) is 1.66. The molecule has 90 valence electrons. The lowest BCUT2D eigenvalue weighted by Gasteiger charge is -2.17. The van der Waals surface area contributed by atoms with Gasteiger partial charge in [-0.2, -0.15) is 0 Å². The highest BCUT2D eigenvalue weighted by Gasteiger charge is 2.24. The van der Waals surface area contributed by atoms with Gasteiger partial charge in [0, 0.05) is 22.5 Å². The Morgan fingerprint density at radius 1 is 1.11 bits per heavy atom. The Morgan fingerprint density at radius 3 is 2.72 bits per heavy atom. The van der Waals surface area contributed by atoms with Crippen molar-refractivity contribution >= 4 is 29.0 Å². The topological polar surface area (TPSA) is 46.3 Å². The van der Waals surface area contributed by atoms with E-state index in [-0.39, 0.29) is 5.91 Å². The van der Waals surface area contributed by atoms with Crippen LogP contribution in [0.3, 0.4) is 0 Å². The minimum Gasteiger partial charge on any atom is -0.399 e. The van der Waals surface area contributed by atoms with E-state index < -0.39 is 0 Å². The van der Waals surface area contributed by atoms with Crippen LogP contribution in [0.5, 0.6) is 0 Å². The molecule has 0 saturated heterocycles. The zero-order valence-corrected chi connectivity index (χ0v) is 10.7. The van der Waals surface area contributed by atoms with Crippen LogP contribution in [0.2, 0.25) is 0 Å². The van der Waals surface area contributed by atoms with E-state index in [1.807, 2.05) is 42.5 Å². The fraction of sp³-hybridized carbons (Fsp3) is 0.0714. The second-order valence-corrected chi connectivity index (χ2v) is 5.27. The first-order valence-corrected chi connectivity index (χ1v) is 6.43. The van der Waals surface area contributed by atoms with Crippen molar-refractivity contribution in [3.05, 3.63) is 48.0 Å². The molecule has 0 spiro atoms. The molecule has 1 aliphatic heterocycles.